The first-order chi connectivity index (χ1) is 18.6. The molecule has 0 radical (unpaired) electrons. The number of halogens is 3. The van der Waals surface area contributed by atoms with Gasteiger partial charge in [0.2, 0.25) is 0 Å². The number of hydrogen-bond donors (Lipinski definition) is 3. The molecular weight excluding hydrogens is 513 g/mol. The van der Waals surface area contributed by atoms with Crippen molar-refractivity contribution in [1.82, 2.24) is 10.2 Å². The molecular formula is C29H37F3N2O5. The number of benzene rings is 2. The Balaban J connectivity index is 1.47. The fourth-order valence-electron chi connectivity index (χ4n) is 5.27. The second-order valence-electron chi connectivity index (χ2n) is 10.6. The van der Waals surface area contributed by atoms with E-state index in [0.717, 1.165) is 49.2 Å². The molecule has 1 amide bonds. The average Bonchev–Trinajstić information content (AvgIpc) is 3.42. The number of carbonyl (C=O) groups excluding carboxylic acids is 1. The second-order valence-corrected chi connectivity index (χ2v) is 10.6. The molecule has 1 saturated heterocycles. The third kappa shape index (κ3) is 7.79. The minimum Gasteiger partial charge on any atom is -0.390 e. The second kappa shape index (κ2) is 12.8. The van der Waals surface area contributed by atoms with Crippen LogP contribution in [0, 0.1) is 6.92 Å². The molecule has 1 unspecified atom stereocenters. The molecule has 0 bridgehead atoms. The van der Waals surface area contributed by atoms with Gasteiger partial charge in [-0.3, -0.25) is 4.79 Å². The van der Waals surface area contributed by atoms with Crippen LogP contribution in [0.4, 0.5) is 13.2 Å². The quantitative estimate of drug-likeness (QED) is 0.419. The van der Waals surface area contributed by atoms with Crippen LogP contribution in [-0.4, -0.2) is 71.1 Å². The van der Waals surface area contributed by atoms with Crippen molar-refractivity contribution in [3.8, 4) is 0 Å². The molecule has 1 heterocycles. The minimum atomic E-state index is -4.45. The van der Waals surface area contributed by atoms with Gasteiger partial charge in [0.1, 0.15) is 6.10 Å². The predicted octanol–water partition coefficient (Wildman–Crippen LogP) is 3.58. The van der Waals surface area contributed by atoms with Gasteiger partial charge < -0.3 is 29.9 Å². The number of amides is 1. The highest BCUT2D eigenvalue weighted by atomic mass is 19.4. The van der Waals surface area contributed by atoms with Crippen molar-refractivity contribution in [3.63, 3.8) is 0 Å². The van der Waals surface area contributed by atoms with Crippen LogP contribution in [0.2, 0.25) is 0 Å². The lowest BCUT2D eigenvalue weighted by Gasteiger charge is -2.44. The molecule has 39 heavy (non-hydrogen) atoms. The number of ether oxygens (including phenoxy) is 2. The molecule has 1 aliphatic carbocycles. The van der Waals surface area contributed by atoms with E-state index in [4.69, 9.17) is 9.47 Å². The molecule has 0 spiro atoms. The van der Waals surface area contributed by atoms with E-state index in [1.807, 2.05) is 31.2 Å². The fraction of sp³-hybridized carbons (Fsp3) is 0.552. The first kappa shape index (κ1) is 29.5. The predicted molar refractivity (Wildman–Crippen MR) is 139 cm³/mol. The molecule has 3 N–H and O–H groups in total. The Morgan fingerprint density at radius 2 is 1.77 bits per heavy atom. The molecule has 1 saturated carbocycles. The van der Waals surface area contributed by atoms with Gasteiger partial charge >= 0.3 is 6.18 Å². The van der Waals surface area contributed by atoms with E-state index in [1.165, 1.54) is 12.1 Å². The number of nitrogens with zero attached hydrogens (tertiary/aromatic N) is 1. The number of hydrogen-bond acceptors (Lipinski definition) is 6. The summed E-state index contributed by atoms with van der Waals surface area (Å²) in [6.45, 7) is 5.09. The number of aliphatic hydroxyl groups excluding tert-OH is 2. The number of carbonyl (C=O) groups is 1. The Kier molecular flexibility index (Phi) is 9.66. The van der Waals surface area contributed by atoms with Gasteiger partial charge in [0.25, 0.3) is 5.91 Å². The van der Waals surface area contributed by atoms with Gasteiger partial charge in [0.15, 0.2) is 5.60 Å². The normalized spacial score (nSPS) is 26.1. The van der Waals surface area contributed by atoms with Gasteiger partial charge in [-0.2, -0.15) is 13.2 Å². The summed E-state index contributed by atoms with van der Waals surface area (Å²) >= 11 is 0. The van der Waals surface area contributed by atoms with Crippen LogP contribution in [-0.2, 0) is 33.7 Å². The lowest BCUT2D eigenvalue weighted by molar-refractivity contribution is -0.200. The van der Waals surface area contributed by atoms with E-state index in [9.17, 15) is 28.2 Å². The molecule has 4 atom stereocenters. The maximum absolute atomic E-state index is 13.6. The average molecular weight is 551 g/mol. The van der Waals surface area contributed by atoms with Crippen molar-refractivity contribution in [3.05, 3.63) is 70.8 Å². The van der Waals surface area contributed by atoms with Gasteiger partial charge in [-0.05, 0) is 56.1 Å². The summed E-state index contributed by atoms with van der Waals surface area (Å²) < 4.78 is 50.8. The third-order valence-corrected chi connectivity index (χ3v) is 7.51. The van der Waals surface area contributed by atoms with Gasteiger partial charge in [0.05, 0.1) is 31.0 Å². The highest BCUT2D eigenvalue weighted by molar-refractivity contribution is 5.85. The monoisotopic (exact) mass is 550 g/mol. The van der Waals surface area contributed by atoms with Crippen LogP contribution >= 0.6 is 0 Å². The van der Waals surface area contributed by atoms with Gasteiger partial charge in [0, 0.05) is 25.9 Å². The van der Waals surface area contributed by atoms with E-state index in [0.29, 0.717) is 18.7 Å². The number of rotatable bonds is 10. The number of aryl methyl sites for hydroxylation is 1. The van der Waals surface area contributed by atoms with Gasteiger partial charge in [-0.1, -0.05) is 42.0 Å². The first-order valence-corrected chi connectivity index (χ1v) is 13.4. The maximum Gasteiger partial charge on any atom is 0.416 e. The Morgan fingerprint density at radius 1 is 1.05 bits per heavy atom. The number of aliphatic hydroxyl groups is 2. The summed E-state index contributed by atoms with van der Waals surface area (Å²) in [4.78, 5) is 15.8. The lowest BCUT2D eigenvalue weighted by Crippen LogP contribution is -2.61. The molecule has 2 aromatic rings. The molecule has 2 fully saturated rings. The van der Waals surface area contributed by atoms with Gasteiger partial charge in [-0.25, -0.2) is 0 Å². The topological polar surface area (TPSA) is 91.3 Å². The standard InChI is InChI=1S/C29H37F3N2O5/c1-20-5-4-6-22(15-20)19-39-28(27(37)33-11-14-34-12-2-3-13-34)16-24(35)26(36)25(17-28)38-18-21-7-9-23(10-8-21)29(30,31)32/h4-10,15,24-26,35-36H,2-3,11-14,16-19H2,1H3,(H,33,37)/t24-,25?,26-,28+/m1/s1. The van der Waals surface area contributed by atoms with E-state index in [-0.39, 0.29) is 32.0 Å². The van der Waals surface area contributed by atoms with E-state index >= 15 is 0 Å². The van der Waals surface area contributed by atoms with E-state index < -0.39 is 35.7 Å². The molecule has 7 nitrogen and oxygen atoms in total. The molecule has 2 aromatic carbocycles. The van der Waals surface area contributed by atoms with Crippen molar-refractivity contribution >= 4 is 5.91 Å². The van der Waals surface area contributed by atoms with Crippen LogP contribution in [0.5, 0.6) is 0 Å². The number of likely N-dealkylation sites (tertiary alicyclic amines) is 1. The van der Waals surface area contributed by atoms with E-state index in [2.05, 4.69) is 10.2 Å². The molecule has 4 rings (SSSR count). The van der Waals surface area contributed by atoms with Crippen molar-refractivity contribution < 1.29 is 37.7 Å². The zero-order valence-electron chi connectivity index (χ0n) is 22.1. The Labute approximate surface area is 226 Å². The SMILES string of the molecule is Cc1cccc(CO[C@]2(C(=O)NCCN3CCCC3)CC(OCc3ccc(C(F)(F)F)cc3)[C@H](O)[C@H](O)C2)c1. The van der Waals surface area contributed by atoms with Crippen molar-refractivity contribution in [1.29, 1.82) is 0 Å². The molecule has 0 aromatic heterocycles. The largest absolute Gasteiger partial charge is 0.416 e. The van der Waals surface area contributed by atoms with Crippen LogP contribution < -0.4 is 5.32 Å². The third-order valence-electron chi connectivity index (χ3n) is 7.51. The van der Waals surface area contributed by atoms with Crippen LogP contribution in [0.15, 0.2) is 48.5 Å². The summed E-state index contributed by atoms with van der Waals surface area (Å²) in [5.41, 5.74) is 0.141. The maximum atomic E-state index is 13.6. The number of alkyl halides is 3. The molecule has 214 valence electrons. The molecule has 1 aliphatic heterocycles. The summed E-state index contributed by atoms with van der Waals surface area (Å²) in [5.74, 6) is -0.386. The van der Waals surface area contributed by atoms with Crippen LogP contribution in [0.1, 0.15) is 47.9 Å². The smallest absolute Gasteiger partial charge is 0.390 e. The Bertz CT molecular complexity index is 1090. The zero-order valence-corrected chi connectivity index (χ0v) is 22.1. The first-order valence-electron chi connectivity index (χ1n) is 13.4. The number of nitrogens with one attached hydrogen (secondary N) is 1. The Morgan fingerprint density at radius 3 is 2.44 bits per heavy atom. The molecule has 2 aliphatic rings. The van der Waals surface area contributed by atoms with Crippen molar-refractivity contribution in [2.45, 2.75) is 75.9 Å². The molecule has 10 heteroatoms. The van der Waals surface area contributed by atoms with Crippen molar-refractivity contribution in [2.24, 2.45) is 0 Å². The van der Waals surface area contributed by atoms with Crippen LogP contribution in [0.25, 0.3) is 0 Å². The Hall–Kier alpha value is -2.50. The zero-order chi connectivity index (χ0) is 28.0. The summed E-state index contributed by atoms with van der Waals surface area (Å²) in [6.07, 6.45) is -5.86. The van der Waals surface area contributed by atoms with E-state index in [1.54, 1.807) is 0 Å². The van der Waals surface area contributed by atoms with Crippen LogP contribution in [0.3, 0.4) is 0 Å². The van der Waals surface area contributed by atoms with Gasteiger partial charge in [-0.15, -0.1) is 0 Å². The van der Waals surface area contributed by atoms with Crippen molar-refractivity contribution in [2.75, 3.05) is 26.2 Å². The summed E-state index contributed by atoms with van der Waals surface area (Å²) in [5, 5.41) is 24.4. The minimum absolute atomic E-state index is 0.0206. The lowest BCUT2D eigenvalue weighted by atomic mass is 9.78. The fourth-order valence-corrected chi connectivity index (χ4v) is 5.27. The highest BCUT2D eigenvalue weighted by Crippen LogP contribution is 2.36. The summed E-state index contributed by atoms with van der Waals surface area (Å²) in [6, 6.07) is 12.2. The highest BCUT2D eigenvalue weighted by Gasteiger charge is 2.51. The summed E-state index contributed by atoms with van der Waals surface area (Å²) in [7, 11) is 0.